The fourth-order valence-electron chi connectivity index (χ4n) is 2.99. The number of allylic oxidation sites excluding steroid dienone is 1. The molecule has 0 unspecified atom stereocenters. The normalized spacial score (nSPS) is 14.5. The van der Waals surface area contributed by atoms with Gasteiger partial charge < -0.3 is 9.64 Å². The van der Waals surface area contributed by atoms with Crippen LogP contribution in [-0.4, -0.2) is 32.9 Å². The second-order valence-corrected chi connectivity index (χ2v) is 7.44. The zero-order valence-electron chi connectivity index (χ0n) is 15.5. The van der Waals surface area contributed by atoms with E-state index in [0.717, 1.165) is 16.8 Å². The molecule has 0 spiro atoms. The van der Waals surface area contributed by atoms with Gasteiger partial charge in [0.2, 0.25) is 0 Å². The maximum absolute atomic E-state index is 12.3. The van der Waals surface area contributed by atoms with E-state index in [9.17, 15) is 9.59 Å². The Labute approximate surface area is 153 Å². The maximum Gasteiger partial charge on any atom is 0.410 e. The molecule has 2 heterocycles. The number of carbonyl (C=O) groups excluding carboxylic acids is 1. The summed E-state index contributed by atoms with van der Waals surface area (Å²) in [7, 11) is 0. The Morgan fingerprint density at radius 2 is 2.00 bits per heavy atom. The SMILES string of the molecule is CC(C)(C)OC(=O)N1CCc2c(n(C/C=C/c3ccccc3)[nH]c2=O)C1. The van der Waals surface area contributed by atoms with Crippen LogP contribution >= 0.6 is 0 Å². The number of aromatic nitrogens is 2. The quantitative estimate of drug-likeness (QED) is 0.919. The van der Waals surface area contributed by atoms with Gasteiger partial charge in [0.15, 0.2) is 0 Å². The molecule has 2 aromatic rings. The van der Waals surface area contributed by atoms with Gasteiger partial charge in [0.05, 0.1) is 18.8 Å². The first-order valence-electron chi connectivity index (χ1n) is 8.83. The molecule has 0 bridgehead atoms. The van der Waals surface area contributed by atoms with E-state index >= 15 is 0 Å². The Kier molecular flexibility index (Phi) is 5.02. The number of amides is 1. The number of hydrogen-bond acceptors (Lipinski definition) is 3. The highest BCUT2D eigenvalue weighted by Gasteiger charge is 2.29. The first-order chi connectivity index (χ1) is 12.3. The molecule has 6 nitrogen and oxygen atoms in total. The highest BCUT2D eigenvalue weighted by molar-refractivity contribution is 5.68. The van der Waals surface area contributed by atoms with Gasteiger partial charge in [0, 0.05) is 12.1 Å². The van der Waals surface area contributed by atoms with Crippen molar-refractivity contribution in [3.63, 3.8) is 0 Å². The molecule has 0 aliphatic carbocycles. The standard InChI is InChI=1S/C20H25N3O3/c1-20(2,3)26-19(25)22-13-11-16-17(14-22)23(21-18(16)24)12-7-10-15-8-5-4-6-9-15/h4-10H,11-14H2,1-3H3,(H,21,24)/b10-7+. The number of nitrogens with one attached hydrogen (secondary N) is 1. The molecule has 6 heteroatoms. The van der Waals surface area contributed by atoms with Gasteiger partial charge in [-0.25, -0.2) is 4.79 Å². The number of H-pyrrole nitrogens is 1. The maximum atomic E-state index is 12.3. The van der Waals surface area contributed by atoms with Gasteiger partial charge in [0.1, 0.15) is 5.60 Å². The van der Waals surface area contributed by atoms with Crippen molar-refractivity contribution in [2.45, 2.75) is 45.9 Å². The summed E-state index contributed by atoms with van der Waals surface area (Å²) in [5, 5.41) is 2.88. The molecule has 1 aliphatic rings. The number of rotatable bonds is 3. The molecule has 3 rings (SSSR count). The van der Waals surface area contributed by atoms with Gasteiger partial charge in [-0.1, -0.05) is 42.5 Å². The molecule has 0 fully saturated rings. The largest absolute Gasteiger partial charge is 0.444 e. The van der Waals surface area contributed by atoms with E-state index in [1.165, 1.54) is 0 Å². The summed E-state index contributed by atoms with van der Waals surface area (Å²) in [5.41, 5.74) is 2.11. The average Bonchev–Trinajstić information content (AvgIpc) is 2.90. The van der Waals surface area contributed by atoms with Gasteiger partial charge in [-0.2, -0.15) is 0 Å². The van der Waals surface area contributed by atoms with Crippen molar-refractivity contribution in [3.05, 3.63) is 63.6 Å². The first-order valence-corrected chi connectivity index (χ1v) is 8.83. The van der Waals surface area contributed by atoms with E-state index in [1.54, 1.807) is 4.90 Å². The van der Waals surface area contributed by atoms with Crippen LogP contribution in [0.25, 0.3) is 6.08 Å². The van der Waals surface area contributed by atoms with Crippen LogP contribution in [0.3, 0.4) is 0 Å². The highest BCUT2D eigenvalue weighted by Crippen LogP contribution is 2.19. The van der Waals surface area contributed by atoms with E-state index in [2.05, 4.69) is 5.10 Å². The Bertz CT molecular complexity index is 857. The number of nitrogens with zero attached hydrogens (tertiary/aromatic N) is 2. The lowest BCUT2D eigenvalue weighted by atomic mass is 10.1. The van der Waals surface area contributed by atoms with Gasteiger partial charge in [-0.15, -0.1) is 0 Å². The first kappa shape index (κ1) is 18.0. The van der Waals surface area contributed by atoms with Crippen molar-refractivity contribution < 1.29 is 9.53 Å². The van der Waals surface area contributed by atoms with Gasteiger partial charge >= 0.3 is 6.09 Å². The highest BCUT2D eigenvalue weighted by atomic mass is 16.6. The molecule has 0 atom stereocenters. The molecule has 138 valence electrons. The predicted octanol–water partition coefficient (Wildman–Crippen LogP) is 3.18. The summed E-state index contributed by atoms with van der Waals surface area (Å²) in [6.45, 7) is 6.96. The Morgan fingerprint density at radius 3 is 2.69 bits per heavy atom. The van der Waals surface area contributed by atoms with Crippen LogP contribution in [0.1, 0.15) is 37.6 Å². The third-order valence-electron chi connectivity index (χ3n) is 4.21. The molecule has 1 aromatic carbocycles. The zero-order chi connectivity index (χ0) is 18.7. The van der Waals surface area contributed by atoms with Crippen molar-refractivity contribution in [1.82, 2.24) is 14.7 Å². The van der Waals surface area contributed by atoms with Crippen LogP contribution in [-0.2, 0) is 24.2 Å². The van der Waals surface area contributed by atoms with Crippen LogP contribution < -0.4 is 5.56 Å². The Balaban J connectivity index is 1.74. The lowest BCUT2D eigenvalue weighted by molar-refractivity contribution is 0.0219. The average molecular weight is 355 g/mol. The van der Waals surface area contributed by atoms with E-state index in [1.807, 2.05) is 67.9 Å². The number of aromatic amines is 1. The van der Waals surface area contributed by atoms with Crippen LogP contribution in [0.15, 0.2) is 41.2 Å². The fourth-order valence-corrected chi connectivity index (χ4v) is 2.99. The van der Waals surface area contributed by atoms with Crippen molar-refractivity contribution in [1.29, 1.82) is 0 Å². The molecular weight excluding hydrogens is 330 g/mol. The summed E-state index contributed by atoms with van der Waals surface area (Å²) in [6, 6.07) is 9.99. The zero-order valence-corrected chi connectivity index (χ0v) is 15.5. The monoisotopic (exact) mass is 355 g/mol. The molecule has 1 amide bonds. The predicted molar refractivity (Wildman–Crippen MR) is 101 cm³/mol. The van der Waals surface area contributed by atoms with Crippen LogP contribution in [0.2, 0.25) is 0 Å². The molecule has 1 aliphatic heterocycles. The van der Waals surface area contributed by atoms with Gasteiger partial charge in [-0.05, 0) is 32.8 Å². The van der Waals surface area contributed by atoms with E-state index < -0.39 is 5.60 Å². The number of benzene rings is 1. The second kappa shape index (κ2) is 7.23. The van der Waals surface area contributed by atoms with Gasteiger partial charge in [-0.3, -0.25) is 14.6 Å². The summed E-state index contributed by atoms with van der Waals surface area (Å²) in [6.07, 6.45) is 4.21. The molecule has 26 heavy (non-hydrogen) atoms. The third kappa shape index (κ3) is 4.25. The molecule has 0 radical (unpaired) electrons. The lowest BCUT2D eigenvalue weighted by Crippen LogP contribution is -2.40. The summed E-state index contributed by atoms with van der Waals surface area (Å²) >= 11 is 0. The molecule has 1 aromatic heterocycles. The Hall–Kier alpha value is -2.76. The number of carbonyl (C=O) groups is 1. The van der Waals surface area contributed by atoms with E-state index in [4.69, 9.17) is 4.74 Å². The summed E-state index contributed by atoms with van der Waals surface area (Å²) in [4.78, 5) is 26.2. The van der Waals surface area contributed by atoms with Crippen LogP contribution in [0.5, 0.6) is 0 Å². The minimum Gasteiger partial charge on any atom is -0.444 e. The topological polar surface area (TPSA) is 67.3 Å². The number of hydrogen-bond donors (Lipinski definition) is 1. The van der Waals surface area contributed by atoms with Crippen molar-refractivity contribution >= 4 is 12.2 Å². The molecule has 1 N–H and O–H groups in total. The number of ether oxygens (including phenoxy) is 1. The second-order valence-electron chi connectivity index (χ2n) is 7.44. The Morgan fingerprint density at radius 1 is 1.27 bits per heavy atom. The van der Waals surface area contributed by atoms with Crippen LogP contribution in [0, 0.1) is 0 Å². The molecule has 0 saturated carbocycles. The molecular formula is C20H25N3O3. The van der Waals surface area contributed by atoms with Gasteiger partial charge in [0.25, 0.3) is 5.56 Å². The van der Waals surface area contributed by atoms with E-state index in [0.29, 0.717) is 26.1 Å². The van der Waals surface area contributed by atoms with Crippen molar-refractivity contribution in [3.8, 4) is 0 Å². The minimum absolute atomic E-state index is 0.0723. The summed E-state index contributed by atoms with van der Waals surface area (Å²) < 4.78 is 7.27. The summed E-state index contributed by atoms with van der Waals surface area (Å²) in [5.74, 6) is 0. The third-order valence-corrected chi connectivity index (χ3v) is 4.21. The number of fused-ring (bicyclic) bond motifs is 1. The fraction of sp³-hybridized carbons (Fsp3) is 0.400. The minimum atomic E-state index is -0.534. The van der Waals surface area contributed by atoms with Crippen LogP contribution in [0.4, 0.5) is 4.79 Å². The lowest BCUT2D eigenvalue weighted by Gasteiger charge is -2.30. The molecule has 0 saturated heterocycles. The smallest absolute Gasteiger partial charge is 0.410 e. The van der Waals surface area contributed by atoms with E-state index in [-0.39, 0.29) is 11.7 Å². The van der Waals surface area contributed by atoms with Crippen molar-refractivity contribution in [2.75, 3.05) is 6.54 Å². The van der Waals surface area contributed by atoms with Crippen molar-refractivity contribution in [2.24, 2.45) is 0 Å².